The van der Waals surface area contributed by atoms with Gasteiger partial charge in [-0.05, 0) is 12.8 Å². The van der Waals surface area contributed by atoms with E-state index in [1.54, 1.807) is 11.7 Å². The Hall–Kier alpha value is -0.900. The van der Waals surface area contributed by atoms with Gasteiger partial charge in [0.25, 0.3) is 0 Å². The number of hydrogen-bond acceptors (Lipinski definition) is 3. The molecule has 1 N–H and O–H groups in total. The van der Waals surface area contributed by atoms with Gasteiger partial charge >= 0.3 is 5.97 Å². The number of hydrogen-bond donors (Lipinski definition) is 1. The van der Waals surface area contributed by atoms with Crippen LogP contribution in [0.2, 0.25) is 0 Å². The lowest BCUT2D eigenvalue weighted by atomic mass is 9.73. The van der Waals surface area contributed by atoms with Crippen LogP contribution < -0.4 is 0 Å². The SMILES string of the molecule is O=C(O)C1(c2cncs2)CCCCC1. The molecule has 1 aliphatic carbocycles. The van der Waals surface area contributed by atoms with E-state index >= 15 is 0 Å². The summed E-state index contributed by atoms with van der Waals surface area (Å²) in [6.07, 6.45) is 6.45. The van der Waals surface area contributed by atoms with Gasteiger partial charge in [-0.25, -0.2) is 0 Å². The molecule has 1 aromatic rings. The summed E-state index contributed by atoms with van der Waals surface area (Å²) in [6, 6.07) is 0. The molecule has 0 spiro atoms. The minimum absolute atomic E-state index is 0.626. The maximum Gasteiger partial charge on any atom is 0.315 e. The fourth-order valence-electron chi connectivity index (χ4n) is 2.17. The third-order valence-corrected chi connectivity index (χ3v) is 4.00. The quantitative estimate of drug-likeness (QED) is 0.817. The second-order valence-corrected chi connectivity index (χ2v) is 4.70. The molecule has 0 aliphatic heterocycles. The Labute approximate surface area is 86.8 Å². The van der Waals surface area contributed by atoms with Crippen molar-refractivity contribution in [2.24, 2.45) is 0 Å². The molecule has 1 aliphatic rings. The first-order valence-corrected chi connectivity index (χ1v) is 5.76. The monoisotopic (exact) mass is 211 g/mol. The van der Waals surface area contributed by atoms with Crippen LogP contribution in [0, 0.1) is 0 Å². The molecule has 0 amide bonds. The van der Waals surface area contributed by atoms with Crippen molar-refractivity contribution in [3.63, 3.8) is 0 Å². The van der Waals surface area contributed by atoms with Crippen LogP contribution in [0.3, 0.4) is 0 Å². The number of aliphatic carboxylic acids is 1. The Bertz CT molecular complexity index is 315. The molecule has 0 bridgehead atoms. The van der Waals surface area contributed by atoms with Crippen molar-refractivity contribution in [3.05, 3.63) is 16.6 Å². The predicted molar refractivity (Wildman–Crippen MR) is 54.5 cm³/mol. The third kappa shape index (κ3) is 1.43. The van der Waals surface area contributed by atoms with E-state index in [0.29, 0.717) is 0 Å². The van der Waals surface area contributed by atoms with Crippen molar-refractivity contribution in [3.8, 4) is 0 Å². The van der Waals surface area contributed by atoms with Crippen LogP contribution in [0.5, 0.6) is 0 Å². The zero-order valence-corrected chi connectivity index (χ0v) is 8.72. The first-order chi connectivity index (χ1) is 6.76. The predicted octanol–water partition coefficient (Wildman–Crippen LogP) is 2.43. The smallest absolute Gasteiger partial charge is 0.315 e. The zero-order chi connectivity index (χ0) is 10.0. The van der Waals surface area contributed by atoms with E-state index in [9.17, 15) is 9.90 Å². The molecule has 4 heteroatoms. The molecule has 1 aromatic heterocycles. The number of aromatic nitrogens is 1. The average molecular weight is 211 g/mol. The van der Waals surface area contributed by atoms with Crippen LogP contribution in [0.4, 0.5) is 0 Å². The third-order valence-electron chi connectivity index (χ3n) is 3.02. The van der Waals surface area contributed by atoms with Gasteiger partial charge in [-0.3, -0.25) is 9.78 Å². The van der Waals surface area contributed by atoms with E-state index in [2.05, 4.69) is 4.98 Å². The summed E-state index contributed by atoms with van der Waals surface area (Å²) in [6.45, 7) is 0. The standard InChI is InChI=1S/C10H13NO2S/c12-9(13)10(4-2-1-3-5-10)8-6-11-7-14-8/h6-7H,1-5H2,(H,12,13). The van der Waals surface area contributed by atoms with Gasteiger partial charge in [0.1, 0.15) is 5.41 Å². The lowest BCUT2D eigenvalue weighted by molar-refractivity contribution is -0.145. The first kappa shape index (κ1) is 9.65. The van der Waals surface area contributed by atoms with E-state index in [0.717, 1.165) is 37.0 Å². The summed E-state index contributed by atoms with van der Waals surface area (Å²) >= 11 is 1.46. The van der Waals surface area contributed by atoms with E-state index in [1.165, 1.54) is 11.3 Å². The van der Waals surface area contributed by atoms with Crippen LogP contribution in [0.25, 0.3) is 0 Å². The van der Waals surface area contributed by atoms with Crippen molar-refractivity contribution >= 4 is 17.3 Å². The maximum atomic E-state index is 11.4. The number of rotatable bonds is 2. The molecule has 0 saturated heterocycles. The number of carbonyl (C=O) groups is 1. The lowest BCUT2D eigenvalue weighted by Crippen LogP contribution is -2.36. The molecule has 0 unspecified atom stereocenters. The van der Waals surface area contributed by atoms with Crippen LogP contribution in [-0.2, 0) is 10.2 Å². The van der Waals surface area contributed by atoms with Crippen molar-refractivity contribution in [2.75, 3.05) is 0 Å². The molecular formula is C10H13NO2S. The van der Waals surface area contributed by atoms with E-state index in [-0.39, 0.29) is 0 Å². The molecule has 1 fully saturated rings. The number of thiazole rings is 1. The molecule has 1 saturated carbocycles. The van der Waals surface area contributed by atoms with Crippen molar-refractivity contribution in [1.82, 2.24) is 4.98 Å². The van der Waals surface area contributed by atoms with Crippen LogP contribution >= 0.6 is 11.3 Å². The van der Waals surface area contributed by atoms with Crippen molar-refractivity contribution in [1.29, 1.82) is 0 Å². The van der Waals surface area contributed by atoms with Gasteiger partial charge < -0.3 is 5.11 Å². The normalized spacial score (nSPS) is 20.6. The van der Waals surface area contributed by atoms with Gasteiger partial charge in [-0.1, -0.05) is 19.3 Å². The van der Waals surface area contributed by atoms with Gasteiger partial charge in [0, 0.05) is 11.1 Å². The molecule has 1 heterocycles. The Balaban J connectivity index is 2.35. The highest BCUT2D eigenvalue weighted by molar-refractivity contribution is 7.09. The topological polar surface area (TPSA) is 50.2 Å². The second kappa shape index (κ2) is 3.69. The van der Waals surface area contributed by atoms with E-state index in [1.807, 2.05) is 0 Å². The molecule has 0 radical (unpaired) electrons. The minimum Gasteiger partial charge on any atom is -0.481 e. The molecule has 0 atom stereocenters. The zero-order valence-electron chi connectivity index (χ0n) is 7.90. The molecular weight excluding hydrogens is 198 g/mol. The summed E-state index contributed by atoms with van der Waals surface area (Å²) in [5.74, 6) is -0.679. The largest absolute Gasteiger partial charge is 0.481 e. The van der Waals surface area contributed by atoms with Crippen LogP contribution in [-0.4, -0.2) is 16.1 Å². The Morgan fingerprint density at radius 3 is 2.64 bits per heavy atom. The Morgan fingerprint density at radius 2 is 2.14 bits per heavy atom. The molecule has 0 aromatic carbocycles. The Morgan fingerprint density at radius 1 is 1.43 bits per heavy atom. The fraction of sp³-hybridized carbons (Fsp3) is 0.600. The summed E-state index contributed by atoms with van der Waals surface area (Å²) in [5, 5.41) is 9.34. The average Bonchev–Trinajstić information content (AvgIpc) is 2.72. The van der Waals surface area contributed by atoms with Gasteiger partial charge in [-0.15, -0.1) is 11.3 Å². The molecule has 2 rings (SSSR count). The van der Waals surface area contributed by atoms with E-state index < -0.39 is 11.4 Å². The first-order valence-electron chi connectivity index (χ1n) is 4.88. The second-order valence-electron chi connectivity index (χ2n) is 3.81. The van der Waals surface area contributed by atoms with Gasteiger partial charge in [0.15, 0.2) is 0 Å². The molecule has 76 valence electrons. The van der Waals surface area contributed by atoms with Gasteiger partial charge in [-0.2, -0.15) is 0 Å². The Kier molecular flexibility index (Phi) is 2.54. The summed E-state index contributed by atoms with van der Waals surface area (Å²) in [4.78, 5) is 16.3. The van der Waals surface area contributed by atoms with Crippen LogP contribution in [0.1, 0.15) is 37.0 Å². The van der Waals surface area contributed by atoms with Crippen molar-refractivity contribution in [2.45, 2.75) is 37.5 Å². The summed E-state index contributed by atoms with van der Waals surface area (Å²) in [7, 11) is 0. The number of nitrogens with zero attached hydrogens (tertiary/aromatic N) is 1. The molecule has 14 heavy (non-hydrogen) atoms. The number of carboxylic acid groups (broad SMARTS) is 1. The minimum atomic E-state index is -0.679. The highest BCUT2D eigenvalue weighted by atomic mass is 32.1. The van der Waals surface area contributed by atoms with Crippen LogP contribution in [0.15, 0.2) is 11.7 Å². The van der Waals surface area contributed by atoms with E-state index in [4.69, 9.17) is 0 Å². The maximum absolute atomic E-state index is 11.4. The highest BCUT2D eigenvalue weighted by Gasteiger charge is 2.42. The van der Waals surface area contributed by atoms with Crippen molar-refractivity contribution < 1.29 is 9.90 Å². The van der Waals surface area contributed by atoms with Gasteiger partial charge in [0.05, 0.1) is 5.51 Å². The summed E-state index contributed by atoms with van der Waals surface area (Å²) < 4.78 is 0. The number of carboxylic acids is 1. The summed E-state index contributed by atoms with van der Waals surface area (Å²) in [5.41, 5.74) is 1.09. The fourth-order valence-corrected chi connectivity index (χ4v) is 3.05. The highest BCUT2D eigenvalue weighted by Crippen LogP contribution is 2.41. The van der Waals surface area contributed by atoms with Gasteiger partial charge in [0.2, 0.25) is 0 Å². The lowest BCUT2D eigenvalue weighted by Gasteiger charge is -2.31. The molecule has 3 nitrogen and oxygen atoms in total.